The van der Waals surface area contributed by atoms with Gasteiger partial charge >= 0.3 is 0 Å². The van der Waals surface area contributed by atoms with Gasteiger partial charge in [-0.1, -0.05) is 0 Å². The van der Waals surface area contributed by atoms with Gasteiger partial charge in [0.05, 0.1) is 24.2 Å². The highest BCUT2D eigenvalue weighted by atomic mass is 32.2. The van der Waals surface area contributed by atoms with Crippen molar-refractivity contribution in [3.05, 3.63) is 42.4 Å². The molecule has 25 heavy (non-hydrogen) atoms. The topological polar surface area (TPSA) is 81.6 Å². The average molecular weight is 361 g/mol. The number of hydrogen-bond acceptors (Lipinski definition) is 6. The van der Waals surface area contributed by atoms with Gasteiger partial charge < -0.3 is 9.47 Å². The SMILES string of the molecule is O=S(=O)(c1ccc2c(c1)CCO2)N1CCC[C@@H](Oc2cnccn2)C1. The van der Waals surface area contributed by atoms with E-state index in [9.17, 15) is 8.42 Å². The van der Waals surface area contributed by atoms with Crippen molar-refractivity contribution in [2.75, 3.05) is 19.7 Å². The summed E-state index contributed by atoms with van der Waals surface area (Å²) in [6.45, 7) is 1.42. The molecule has 3 heterocycles. The molecule has 132 valence electrons. The van der Waals surface area contributed by atoms with Crippen LogP contribution in [0.2, 0.25) is 0 Å². The Morgan fingerprint density at radius 2 is 2.20 bits per heavy atom. The fourth-order valence-corrected chi connectivity index (χ4v) is 4.77. The van der Waals surface area contributed by atoms with E-state index in [4.69, 9.17) is 9.47 Å². The maximum Gasteiger partial charge on any atom is 0.243 e. The Balaban J connectivity index is 1.52. The molecule has 2 aromatic rings. The zero-order chi connectivity index (χ0) is 17.3. The van der Waals surface area contributed by atoms with Crippen molar-refractivity contribution < 1.29 is 17.9 Å². The third kappa shape index (κ3) is 3.32. The number of aromatic nitrogens is 2. The largest absolute Gasteiger partial charge is 0.493 e. The zero-order valence-corrected chi connectivity index (χ0v) is 14.5. The molecule has 0 unspecified atom stereocenters. The lowest BCUT2D eigenvalue weighted by atomic mass is 10.1. The summed E-state index contributed by atoms with van der Waals surface area (Å²) in [6, 6.07) is 5.09. The van der Waals surface area contributed by atoms with E-state index in [1.165, 1.54) is 10.5 Å². The number of nitrogens with zero attached hydrogens (tertiary/aromatic N) is 3. The Hall–Kier alpha value is -2.19. The Morgan fingerprint density at radius 1 is 1.28 bits per heavy atom. The van der Waals surface area contributed by atoms with Crippen LogP contribution in [0.1, 0.15) is 18.4 Å². The number of fused-ring (bicyclic) bond motifs is 1. The molecular weight excluding hydrogens is 342 g/mol. The summed E-state index contributed by atoms with van der Waals surface area (Å²) in [4.78, 5) is 8.38. The van der Waals surface area contributed by atoms with Gasteiger partial charge in [0.2, 0.25) is 15.9 Å². The lowest BCUT2D eigenvalue weighted by Gasteiger charge is -2.31. The fraction of sp³-hybridized carbons (Fsp3) is 0.412. The quantitative estimate of drug-likeness (QED) is 0.823. The van der Waals surface area contributed by atoms with Crippen LogP contribution in [0.4, 0.5) is 0 Å². The molecule has 1 aromatic carbocycles. The summed E-state index contributed by atoms with van der Waals surface area (Å²) in [6.07, 6.45) is 6.73. The molecule has 0 bridgehead atoms. The van der Waals surface area contributed by atoms with Gasteiger partial charge in [-0.05, 0) is 36.6 Å². The Labute approximate surface area is 146 Å². The summed E-state index contributed by atoms with van der Waals surface area (Å²) < 4.78 is 38.7. The van der Waals surface area contributed by atoms with Crippen molar-refractivity contribution in [2.24, 2.45) is 0 Å². The van der Waals surface area contributed by atoms with Crippen LogP contribution in [-0.4, -0.2) is 48.5 Å². The molecule has 4 rings (SSSR count). The fourth-order valence-electron chi connectivity index (χ4n) is 3.21. The van der Waals surface area contributed by atoms with Gasteiger partial charge in [-0.3, -0.25) is 4.98 Å². The van der Waals surface area contributed by atoms with Gasteiger partial charge in [-0.25, -0.2) is 13.4 Å². The molecule has 1 fully saturated rings. The highest BCUT2D eigenvalue weighted by Gasteiger charge is 2.32. The maximum absolute atomic E-state index is 13.0. The number of ether oxygens (including phenoxy) is 2. The molecule has 8 heteroatoms. The number of benzene rings is 1. The van der Waals surface area contributed by atoms with E-state index in [0.717, 1.165) is 30.6 Å². The van der Waals surface area contributed by atoms with Crippen LogP contribution in [-0.2, 0) is 16.4 Å². The minimum atomic E-state index is -3.55. The molecule has 0 saturated carbocycles. The van der Waals surface area contributed by atoms with Crippen molar-refractivity contribution in [3.8, 4) is 11.6 Å². The molecule has 0 amide bonds. The first-order valence-corrected chi connectivity index (χ1v) is 9.75. The normalized spacial score (nSPS) is 20.7. The second-order valence-electron chi connectivity index (χ2n) is 6.16. The van der Waals surface area contributed by atoms with Crippen molar-refractivity contribution >= 4 is 10.0 Å². The molecule has 0 spiro atoms. The second kappa shape index (κ2) is 6.61. The zero-order valence-electron chi connectivity index (χ0n) is 13.7. The van der Waals surface area contributed by atoms with Gasteiger partial charge in [0.25, 0.3) is 0 Å². The predicted octanol–water partition coefficient (Wildman–Crippen LogP) is 1.64. The van der Waals surface area contributed by atoms with Crippen LogP contribution in [0.5, 0.6) is 11.6 Å². The van der Waals surface area contributed by atoms with Crippen LogP contribution in [0.3, 0.4) is 0 Å². The summed E-state index contributed by atoms with van der Waals surface area (Å²) in [5, 5.41) is 0. The summed E-state index contributed by atoms with van der Waals surface area (Å²) >= 11 is 0. The lowest BCUT2D eigenvalue weighted by Crippen LogP contribution is -2.44. The summed E-state index contributed by atoms with van der Waals surface area (Å²) in [5.41, 5.74) is 0.949. The number of rotatable bonds is 4. The third-order valence-electron chi connectivity index (χ3n) is 4.47. The molecule has 0 N–H and O–H groups in total. The predicted molar refractivity (Wildman–Crippen MR) is 90.1 cm³/mol. The molecule has 1 atom stereocenters. The van der Waals surface area contributed by atoms with E-state index >= 15 is 0 Å². The van der Waals surface area contributed by atoms with E-state index in [-0.39, 0.29) is 6.10 Å². The maximum atomic E-state index is 13.0. The minimum Gasteiger partial charge on any atom is -0.493 e. The Morgan fingerprint density at radius 3 is 3.04 bits per heavy atom. The lowest BCUT2D eigenvalue weighted by molar-refractivity contribution is 0.124. The molecule has 0 radical (unpaired) electrons. The smallest absolute Gasteiger partial charge is 0.243 e. The molecule has 1 aromatic heterocycles. The van der Waals surface area contributed by atoms with Crippen LogP contribution in [0, 0.1) is 0 Å². The van der Waals surface area contributed by atoms with E-state index in [2.05, 4.69) is 9.97 Å². The molecule has 1 saturated heterocycles. The van der Waals surface area contributed by atoms with Crippen molar-refractivity contribution in [3.63, 3.8) is 0 Å². The van der Waals surface area contributed by atoms with Gasteiger partial charge in [0.1, 0.15) is 11.9 Å². The minimum absolute atomic E-state index is 0.224. The van der Waals surface area contributed by atoms with Crippen LogP contribution >= 0.6 is 0 Å². The van der Waals surface area contributed by atoms with E-state index in [1.807, 2.05) is 0 Å². The van der Waals surface area contributed by atoms with Gasteiger partial charge in [0, 0.05) is 25.4 Å². The highest BCUT2D eigenvalue weighted by Crippen LogP contribution is 2.30. The Kier molecular flexibility index (Phi) is 4.30. The second-order valence-corrected chi connectivity index (χ2v) is 8.09. The van der Waals surface area contributed by atoms with Crippen LogP contribution < -0.4 is 9.47 Å². The molecule has 2 aliphatic heterocycles. The first-order chi connectivity index (χ1) is 12.1. The van der Waals surface area contributed by atoms with Crippen LogP contribution in [0.25, 0.3) is 0 Å². The van der Waals surface area contributed by atoms with Crippen molar-refractivity contribution in [1.29, 1.82) is 0 Å². The van der Waals surface area contributed by atoms with Crippen molar-refractivity contribution in [1.82, 2.24) is 14.3 Å². The van der Waals surface area contributed by atoms with E-state index < -0.39 is 10.0 Å². The molecular formula is C17H19N3O4S. The number of piperidine rings is 1. The van der Waals surface area contributed by atoms with Gasteiger partial charge in [0.15, 0.2) is 0 Å². The first kappa shape index (κ1) is 16.3. The third-order valence-corrected chi connectivity index (χ3v) is 6.33. The highest BCUT2D eigenvalue weighted by molar-refractivity contribution is 7.89. The molecule has 2 aliphatic rings. The molecule has 0 aliphatic carbocycles. The molecule has 7 nitrogen and oxygen atoms in total. The van der Waals surface area contributed by atoms with Crippen LogP contribution in [0.15, 0.2) is 41.7 Å². The van der Waals surface area contributed by atoms with E-state index in [0.29, 0.717) is 30.5 Å². The average Bonchev–Trinajstić information content (AvgIpc) is 3.10. The summed E-state index contributed by atoms with van der Waals surface area (Å²) in [5.74, 6) is 1.20. The van der Waals surface area contributed by atoms with Gasteiger partial charge in [-0.2, -0.15) is 4.31 Å². The number of hydrogen-bond donors (Lipinski definition) is 0. The number of sulfonamides is 1. The van der Waals surface area contributed by atoms with Gasteiger partial charge in [-0.15, -0.1) is 0 Å². The monoisotopic (exact) mass is 361 g/mol. The summed E-state index contributed by atoms with van der Waals surface area (Å²) in [7, 11) is -3.55. The van der Waals surface area contributed by atoms with E-state index in [1.54, 1.807) is 30.6 Å². The Bertz CT molecular complexity index is 857. The first-order valence-electron chi connectivity index (χ1n) is 8.31. The van der Waals surface area contributed by atoms with Crippen molar-refractivity contribution in [2.45, 2.75) is 30.3 Å². The standard InChI is InChI=1S/C17H19N3O4S/c21-25(22,15-3-4-16-13(10-15)5-9-23-16)20-8-1-2-14(12-20)24-17-11-18-6-7-19-17/h3-4,6-7,10-11,14H,1-2,5,8-9,12H2/t14-/m1/s1.